The van der Waals surface area contributed by atoms with Gasteiger partial charge in [0.05, 0.1) is 7.11 Å². The molecule has 2 aromatic heterocycles. The van der Waals surface area contributed by atoms with E-state index in [1.165, 1.54) is 0 Å². The van der Waals surface area contributed by atoms with Crippen LogP contribution in [-0.2, 0) is 0 Å². The summed E-state index contributed by atoms with van der Waals surface area (Å²) in [6, 6.07) is 9.49. The van der Waals surface area contributed by atoms with E-state index in [1.54, 1.807) is 30.3 Å². The van der Waals surface area contributed by atoms with E-state index in [-0.39, 0.29) is 0 Å². The molecule has 3 aromatic rings. The molecule has 0 bridgehead atoms. The molecule has 0 saturated heterocycles. The summed E-state index contributed by atoms with van der Waals surface area (Å²) in [7, 11) is 1.65. The van der Waals surface area contributed by atoms with Crippen molar-refractivity contribution in [3.05, 3.63) is 42.7 Å². The molecule has 0 saturated carbocycles. The summed E-state index contributed by atoms with van der Waals surface area (Å²) in [5, 5.41) is 6.15. The molecule has 0 aliphatic heterocycles. The van der Waals surface area contributed by atoms with Crippen molar-refractivity contribution in [2.75, 3.05) is 12.8 Å². The zero-order valence-corrected chi connectivity index (χ0v) is 9.87. The third-order valence-corrected chi connectivity index (χ3v) is 2.79. The van der Waals surface area contributed by atoms with E-state index in [1.807, 2.05) is 24.3 Å². The summed E-state index contributed by atoms with van der Waals surface area (Å²) < 4.78 is 7.01. The topological polar surface area (TPSA) is 66.0 Å². The predicted molar refractivity (Wildman–Crippen MR) is 69.8 cm³/mol. The number of pyridine rings is 1. The van der Waals surface area contributed by atoms with Crippen LogP contribution in [0.2, 0.25) is 0 Å². The third-order valence-electron chi connectivity index (χ3n) is 2.79. The fourth-order valence-electron chi connectivity index (χ4n) is 1.98. The summed E-state index contributed by atoms with van der Waals surface area (Å²) in [4.78, 5) is 4.36. The van der Waals surface area contributed by atoms with Gasteiger partial charge in [0, 0.05) is 29.2 Å². The van der Waals surface area contributed by atoms with Crippen molar-refractivity contribution in [1.82, 2.24) is 14.8 Å². The maximum atomic E-state index is 5.63. The smallest absolute Gasteiger partial charge is 0.161 e. The number of aromatic nitrogens is 3. The summed E-state index contributed by atoms with van der Waals surface area (Å²) in [6.45, 7) is 0. The normalized spacial score (nSPS) is 10.7. The molecule has 90 valence electrons. The Morgan fingerprint density at radius 1 is 1.17 bits per heavy atom. The van der Waals surface area contributed by atoms with E-state index >= 15 is 0 Å². The number of ether oxygens (including phenoxy) is 1. The summed E-state index contributed by atoms with van der Waals surface area (Å²) in [6.07, 6.45) is 3.52. The fourth-order valence-corrected chi connectivity index (χ4v) is 1.98. The van der Waals surface area contributed by atoms with E-state index in [4.69, 9.17) is 10.5 Å². The SMILES string of the molecule is COc1cccc2c(-n3ccc(N)n3)nccc12. The minimum Gasteiger partial charge on any atom is -0.496 e. The Morgan fingerprint density at radius 3 is 2.78 bits per heavy atom. The van der Waals surface area contributed by atoms with Crippen molar-refractivity contribution in [3.63, 3.8) is 0 Å². The molecule has 3 rings (SSSR count). The predicted octanol–water partition coefficient (Wildman–Crippen LogP) is 2.01. The van der Waals surface area contributed by atoms with Crippen LogP contribution in [-0.4, -0.2) is 21.9 Å². The number of rotatable bonds is 2. The van der Waals surface area contributed by atoms with Crippen molar-refractivity contribution >= 4 is 16.6 Å². The van der Waals surface area contributed by atoms with Gasteiger partial charge in [-0.05, 0) is 12.1 Å². The molecule has 5 heteroatoms. The lowest BCUT2D eigenvalue weighted by molar-refractivity contribution is 0.420. The highest BCUT2D eigenvalue weighted by Gasteiger charge is 2.08. The van der Waals surface area contributed by atoms with Crippen LogP contribution in [0.1, 0.15) is 0 Å². The molecule has 0 radical (unpaired) electrons. The first-order chi connectivity index (χ1) is 8.79. The Kier molecular flexibility index (Phi) is 2.37. The van der Waals surface area contributed by atoms with Gasteiger partial charge in [-0.1, -0.05) is 12.1 Å². The van der Waals surface area contributed by atoms with Crippen molar-refractivity contribution in [1.29, 1.82) is 0 Å². The number of nitrogen functional groups attached to an aromatic ring is 1. The second-order valence-electron chi connectivity index (χ2n) is 3.88. The first-order valence-electron chi connectivity index (χ1n) is 5.53. The Morgan fingerprint density at radius 2 is 2.06 bits per heavy atom. The molecule has 0 fully saturated rings. The van der Waals surface area contributed by atoms with Crippen molar-refractivity contribution < 1.29 is 4.74 Å². The molecular weight excluding hydrogens is 228 g/mol. The Hall–Kier alpha value is -2.56. The van der Waals surface area contributed by atoms with Gasteiger partial charge in [-0.2, -0.15) is 0 Å². The maximum Gasteiger partial charge on any atom is 0.161 e. The molecule has 0 unspecified atom stereocenters. The Labute approximate surface area is 104 Å². The van der Waals surface area contributed by atoms with Gasteiger partial charge in [0.15, 0.2) is 5.82 Å². The number of nitrogens with two attached hydrogens (primary N) is 1. The van der Waals surface area contributed by atoms with Gasteiger partial charge in [0.25, 0.3) is 0 Å². The number of hydrogen-bond donors (Lipinski definition) is 1. The Balaban J connectivity index is 2.30. The molecule has 2 heterocycles. The second-order valence-corrected chi connectivity index (χ2v) is 3.88. The van der Waals surface area contributed by atoms with Gasteiger partial charge < -0.3 is 10.5 Å². The largest absolute Gasteiger partial charge is 0.496 e. The van der Waals surface area contributed by atoms with Crippen LogP contribution in [0.4, 0.5) is 5.82 Å². The van der Waals surface area contributed by atoms with E-state index in [0.29, 0.717) is 5.82 Å². The number of benzene rings is 1. The lowest BCUT2D eigenvalue weighted by atomic mass is 10.1. The highest BCUT2D eigenvalue weighted by molar-refractivity contribution is 5.93. The average molecular weight is 240 g/mol. The number of methoxy groups -OCH3 is 1. The van der Waals surface area contributed by atoms with Crippen molar-refractivity contribution in [3.8, 4) is 11.6 Å². The second kappa shape index (κ2) is 4.03. The minimum absolute atomic E-state index is 0.469. The molecule has 18 heavy (non-hydrogen) atoms. The first kappa shape index (κ1) is 10.6. The van der Waals surface area contributed by atoms with Crippen LogP contribution in [0.15, 0.2) is 42.7 Å². The summed E-state index contributed by atoms with van der Waals surface area (Å²) in [5.74, 6) is 2.02. The van der Waals surface area contributed by atoms with Crippen LogP contribution in [0.5, 0.6) is 5.75 Å². The molecule has 2 N–H and O–H groups in total. The van der Waals surface area contributed by atoms with Crippen LogP contribution in [0.25, 0.3) is 16.6 Å². The maximum absolute atomic E-state index is 5.63. The van der Waals surface area contributed by atoms with Crippen molar-refractivity contribution in [2.24, 2.45) is 0 Å². The van der Waals surface area contributed by atoms with Crippen LogP contribution >= 0.6 is 0 Å². The highest BCUT2D eigenvalue weighted by atomic mass is 16.5. The highest BCUT2D eigenvalue weighted by Crippen LogP contribution is 2.28. The van der Waals surface area contributed by atoms with E-state index in [2.05, 4.69) is 10.1 Å². The van der Waals surface area contributed by atoms with Gasteiger partial charge in [-0.15, -0.1) is 5.10 Å². The zero-order valence-electron chi connectivity index (χ0n) is 9.87. The standard InChI is InChI=1S/C13H12N4O/c1-18-11-4-2-3-10-9(11)5-7-15-13(10)17-8-6-12(14)16-17/h2-8H,1H3,(H2,14,16). The number of nitrogens with zero attached hydrogens (tertiary/aromatic N) is 3. The number of hydrogen-bond acceptors (Lipinski definition) is 4. The van der Waals surface area contributed by atoms with Gasteiger partial charge >= 0.3 is 0 Å². The number of fused-ring (bicyclic) bond motifs is 1. The lowest BCUT2D eigenvalue weighted by Crippen LogP contribution is -2.00. The zero-order chi connectivity index (χ0) is 12.5. The molecule has 0 spiro atoms. The molecule has 5 nitrogen and oxygen atoms in total. The van der Waals surface area contributed by atoms with Crippen LogP contribution < -0.4 is 10.5 Å². The van der Waals surface area contributed by atoms with Crippen molar-refractivity contribution in [2.45, 2.75) is 0 Å². The monoisotopic (exact) mass is 240 g/mol. The van der Waals surface area contributed by atoms with Gasteiger partial charge in [0.1, 0.15) is 11.6 Å². The van der Waals surface area contributed by atoms with E-state index < -0.39 is 0 Å². The minimum atomic E-state index is 0.469. The lowest BCUT2D eigenvalue weighted by Gasteiger charge is -2.08. The molecule has 1 aromatic carbocycles. The average Bonchev–Trinajstić information content (AvgIpc) is 2.84. The quantitative estimate of drug-likeness (QED) is 0.744. The van der Waals surface area contributed by atoms with E-state index in [9.17, 15) is 0 Å². The third kappa shape index (κ3) is 1.57. The number of anilines is 1. The molecule has 0 aliphatic carbocycles. The van der Waals surface area contributed by atoms with Gasteiger partial charge in [0.2, 0.25) is 0 Å². The first-order valence-corrected chi connectivity index (χ1v) is 5.53. The Bertz CT molecular complexity index is 705. The molecule has 0 amide bonds. The molecule has 0 atom stereocenters. The summed E-state index contributed by atoms with van der Waals surface area (Å²) >= 11 is 0. The molecule has 0 aliphatic rings. The van der Waals surface area contributed by atoms with E-state index in [0.717, 1.165) is 22.3 Å². The van der Waals surface area contributed by atoms with Crippen LogP contribution in [0.3, 0.4) is 0 Å². The summed E-state index contributed by atoms with van der Waals surface area (Å²) in [5.41, 5.74) is 5.63. The molecular formula is C13H12N4O. The van der Waals surface area contributed by atoms with Gasteiger partial charge in [-0.3, -0.25) is 0 Å². The van der Waals surface area contributed by atoms with Crippen LogP contribution in [0, 0.1) is 0 Å². The van der Waals surface area contributed by atoms with Gasteiger partial charge in [-0.25, -0.2) is 9.67 Å². The fraction of sp³-hybridized carbons (Fsp3) is 0.0769.